The van der Waals surface area contributed by atoms with Gasteiger partial charge in [-0.05, 0) is 89.5 Å². The summed E-state index contributed by atoms with van der Waals surface area (Å²) in [4.78, 5) is 52.7. The Hall–Kier alpha value is -4.08. The van der Waals surface area contributed by atoms with Crippen LogP contribution in [0.4, 0.5) is 9.59 Å². The van der Waals surface area contributed by atoms with Crippen LogP contribution in [0.3, 0.4) is 0 Å². The minimum Gasteiger partial charge on any atom is -0.458 e. The predicted octanol–water partition coefficient (Wildman–Crippen LogP) is 9.73. The minimum absolute atomic E-state index is 0.104. The van der Waals surface area contributed by atoms with E-state index in [1.807, 2.05) is 36.4 Å². The van der Waals surface area contributed by atoms with Crippen LogP contribution in [0.5, 0.6) is 0 Å². The number of alkyl carbamates (subject to hydrolysis) is 2. The molecule has 3 rings (SSSR count). The standard InChI is InChI=1S/C44H67N3O7/c1-8-9-10-11-12-13-14-15-16-17-29-38(40(49)53-43(2,3)4)46-39(48)37(28-22-23-30-45-41(50)54-44(5,6)7)47-42(51)52-31-36-34-26-20-18-24-32(34)33-25-19-21-27-35(33)36/h18-21,24-27,36-38H,8-17,22-23,28-31H2,1-7H3,(H,45,50)(H,46,48)(H,47,51)/t37-,38?/m0/s1. The Morgan fingerprint density at radius 1 is 0.611 bits per heavy atom. The van der Waals surface area contributed by atoms with Gasteiger partial charge >= 0.3 is 18.2 Å². The first-order valence-corrected chi connectivity index (χ1v) is 20.3. The molecule has 0 bridgehead atoms. The normalized spacial score (nSPS) is 13.6. The van der Waals surface area contributed by atoms with Crippen LogP contribution in [-0.4, -0.2) is 60.5 Å². The van der Waals surface area contributed by atoms with E-state index < -0.39 is 47.3 Å². The summed E-state index contributed by atoms with van der Waals surface area (Å²) in [6, 6.07) is 14.4. The summed E-state index contributed by atoms with van der Waals surface area (Å²) >= 11 is 0. The second-order valence-corrected chi connectivity index (χ2v) is 16.5. The van der Waals surface area contributed by atoms with Crippen molar-refractivity contribution >= 4 is 24.1 Å². The van der Waals surface area contributed by atoms with E-state index in [1.54, 1.807) is 41.5 Å². The van der Waals surface area contributed by atoms with Gasteiger partial charge in [-0.15, -0.1) is 0 Å². The van der Waals surface area contributed by atoms with E-state index in [2.05, 4.69) is 35.0 Å². The number of carbonyl (C=O) groups excluding carboxylic acids is 4. The van der Waals surface area contributed by atoms with E-state index >= 15 is 0 Å². The van der Waals surface area contributed by atoms with E-state index in [9.17, 15) is 19.2 Å². The molecule has 0 radical (unpaired) electrons. The van der Waals surface area contributed by atoms with Gasteiger partial charge < -0.3 is 30.2 Å². The van der Waals surface area contributed by atoms with Crippen molar-refractivity contribution in [2.75, 3.05) is 13.2 Å². The third kappa shape index (κ3) is 16.1. The number of unbranched alkanes of at least 4 members (excludes halogenated alkanes) is 10. The monoisotopic (exact) mass is 749 g/mol. The molecule has 300 valence electrons. The summed E-state index contributed by atoms with van der Waals surface area (Å²) in [5, 5.41) is 8.43. The highest BCUT2D eigenvalue weighted by molar-refractivity contribution is 5.89. The second-order valence-electron chi connectivity index (χ2n) is 16.5. The number of fused-ring (bicyclic) bond motifs is 3. The van der Waals surface area contributed by atoms with Gasteiger partial charge in [-0.3, -0.25) is 4.79 Å². The molecule has 1 unspecified atom stereocenters. The topological polar surface area (TPSA) is 132 Å². The molecule has 54 heavy (non-hydrogen) atoms. The molecule has 10 heteroatoms. The van der Waals surface area contributed by atoms with Gasteiger partial charge in [-0.25, -0.2) is 14.4 Å². The van der Waals surface area contributed by atoms with Crippen molar-refractivity contribution in [2.45, 2.75) is 168 Å². The third-order valence-corrected chi connectivity index (χ3v) is 9.39. The zero-order valence-corrected chi connectivity index (χ0v) is 34.0. The van der Waals surface area contributed by atoms with Gasteiger partial charge in [0.25, 0.3) is 0 Å². The summed E-state index contributed by atoms with van der Waals surface area (Å²) in [7, 11) is 0. The van der Waals surface area contributed by atoms with Crippen LogP contribution >= 0.6 is 0 Å². The zero-order chi connectivity index (χ0) is 39.6. The van der Waals surface area contributed by atoms with Crippen LogP contribution in [0.1, 0.15) is 155 Å². The van der Waals surface area contributed by atoms with E-state index in [4.69, 9.17) is 14.2 Å². The van der Waals surface area contributed by atoms with Crippen LogP contribution in [0.25, 0.3) is 11.1 Å². The molecular formula is C44H67N3O7. The number of hydrogen-bond donors (Lipinski definition) is 3. The lowest BCUT2D eigenvalue weighted by Gasteiger charge is -2.26. The number of nitrogens with one attached hydrogen (secondary N) is 3. The molecule has 2 aromatic rings. The van der Waals surface area contributed by atoms with Crippen molar-refractivity contribution in [3.8, 4) is 11.1 Å². The van der Waals surface area contributed by atoms with E-state index in [0.29, 0.717) is 25.8 Å². The molecule has 0 aliphatic heterocycles. The molecule has 2 aromatic carbocycles. The summed E-state index contributed by atoms with van der Waals surface area (Å²) in [6.45, 7) is 13.5. The Kier molecular flexibility index (Phi) is 18.3. The second kappa shape index (κ2) is 22.3. The van der Waals surface area contributed by atoms with Crippen LogP contribution < -0.4 is 16.0 Å². The molecule has 3 N–H and O–H groups in total. The van der Waals surface area contributed by atoms with Crippen LogP contribution in [-0.2, 0) is 23.8 Å². The van der Waals surface area contributed by atoms with Crippen molar-refractivity contribution in [1.29, 1.82) is 0 Å². The van der Waals surface area contributed by atoms with Crippen molar-refractivity contribution in [3.63, 3.8) is 0 Å². The molecule has 1 aliphatic carbocycles. The maximum atomic E-state index is 13.9. The molecule has 1 aliphatic rings. The maximum Gasteiger partial charge on any atom is 0.407 e. The largest absolute Gasteiger partial charge is 0.458 e. The number of ether oxygens (including phenoxy) is 3. The molecule has 0 fully saturated rings. The number of esters is 1. The van der Waals surface area contributed by atoms with Crippen molar-refractivity contribution in [1.82, 2.24) is 16.0 Å². The first kappa shape index (κ1) is 44.3. The van der Waals surface area contributed by atoms with Crippen molar-refractivity contribution in [2.24, 2.45) is 0 Å². The molecule has 0 heterocycles. The third-order valence-electron chi connectivity index (χ3n) is 9.39. The first-order valence-electron chi connectivity index (χ1n) is 20.3. The molecule has 0 saturated carbocycles. The lowest BCUT2D eigenvalue weighted by atomic mass is 9.98. The van der Waals surface area contributed by atoms with E-state index in [1.165, 1.54) is 38.5 Å². The van der Waals surface area contributed by atoms with Gasteiger partial charge in [-0.1, -0.05) is 120 Å². The molecule has 0 aromatic heterocycles. The summed E-state index contributed by atoms with van der Waals surface area (Å²) in [6.07, 6.45) is 12.1. The molecular weight excluding hydrogens is 682 g/mol. The predicted molar refractivity (Wildman–Crippen MR) is 214 cm³/mol. The molecule has 10 nitrogen and oxygen atoms in total. The number of rotatable bonds is 22. The fraction of sp³-hybridized carbons (Fsp3) is 0.636. The average Bonchev–Trinajstić information content (AvgIpc) is 3.42. The quantitative estimate of drug-likeness (QED) is 0.0621. The Labute approximate surface area is 324 Å². The van der Waals surface area contributed by atoms with Crippen LogP contribution in [0.2, 0.25) is 0 Å². The summed E-state index contributed by atoms with van der Waals surface area (Å²) in [5.74, 6) is -1.10. The van der Waals surface area contributed by atoms with Gasteiger partial charge in [0.2, 0.25) is 5.91 Å². The highest BCUT2D eigenvalue weighted by Crippen LogP contribution is 2.44. The van der Waals surface area contributed by atoms with Gasteiger partial charge in [0, 0.05) is 12.5 Å². The summed E-state index contributed by atoms with van der Waals surface area (Å²) in [5.41, 5.74) is 3.08. The Morgan fingerprint density at radius 2 is 1.11 bits per heavy atom. The average molecular weight is 750 g/mol. The minimum atomic E-state index is -0.972. The van der Waals surface area contributed by atoms with Crippen LogP contribution in [0.15, 0.2) is 48.5 Å². The molecule has 2 atom stereocenters. The Bertz CT molecular complexity index is 1430. The number of benzene rings is 2. The van der Waals surface area contributed by atoms with Gasteiger partial charge in [0.15, 0.2) is 0 Å². The first-order chi connectivity index (χ1) is 25.7. The fourth-order valence-electron chi connectivity index (χ4n) is 6.76. The van der Waals surface area contributed by atoms with E-state index in [0.717, 1.165) is 47.9 Å². The Morgan fingerprint density at radius 3 is 1.67 bits per heavy atom. The Balaban J connectivity index is 1.63. The molecule has 3 amide bonds. The van der Waals surface area contributed by atoms with Gasteiger partial charge in [0.1, 0.15) is 29.9 Å². The van der Waals surface area contributed by atoms with Gasteiger partial charge in [-0.2, -0.15) is 0 Å². The smallest absolute Gasteiger partial charge is 0.407 e. The van der Waals surface area contributed by atoms with E-state index in [-0.39, 0.29) is 18.9 Å². The maximum absolute atomic E-state index is 13.9. The lowest BCUT2D eigenvalue weighted by molar-refractivity contribution is -0.159. The van der Waals surface area contributed by atoms with Crippen molar-refractivity contribution < 1.29 is 33.4 Å². The van der Waals surface area contributed by atoms with Crippen molar-refractivity contribution in [3.05, 3.63) is 59.7 Å². The number of carbonyl (C=O) groups is 4. The number of hydrogen-bond acceptors (Lipinski definition) is 7. The SMILES string of the molecule is CCCCCCCCCCCCC(NC(=O)[C@H](CCCCNC(=O)OC(C)(C)C)NC(=O)OCC1c2ccccc2-c2ccccc21)C(=O)OC(C)(C)C. The molecule has 0 saturated heterocycles. The van der Waals surface area contributed by atoms with Crippen LogP contribution in [0, 0.1) is 0 Å². The fourth-order valence-corrected chi connectivity index (χ4v) is 6.76. The highest BCUT2D eigenvalue weighted by Gasteiger charge is 2.32. The highest BCUT2D eigenvalue weighted by atomic mass is 16.6. The molecule has 0 spiro atoms. The van der Waals surface area contributed by atoms with Gasteiger partial charge in [0.05, 0.1) is 0 Å². The summed E-state index contributed by atoms with van der Waals surface area (Å²) < 4.78 is 16.8. The number of amides is 3. The zero-order valence-electron chi connectivity index (χ0n) is 34.0. The lowest BCUT2D eigenvalue weighted by Crippen LogP contribution is -2.52.